The molecule has 0 aliphatic heterocycles. The second-order valence-electron chi connectivity index (χ2n) is 5.15. The first-order chi connectivity index (χ1) is 10.6. The number of rotatable bonds is 5. The Morgan fingerprint density at radius 2 is 2.05 bits per heavy atom. The lowest BCUT2D eigenvalue weighted by Gasteiger charge is -2.09. The molecule has 2 aromatic rings. The predicted octanol–water partition coefficient (Wildman–Crippen LogP) is 1.64. The van der Waals surface area contributed by atoms with E-state index in [-0.39, 0.29) is 0 Å². The molecule has 0 aliphatic carbocycles. The van der Waals surface area contributed by atoms with Gasteiger partial charge in [0.05, 0.1) is 0 Å². The van der Waals surface area contributed by atoms with Crippen molar-refractivity contribution in [1.82, 2.24) is 15.1 Å². The lowest BCUT2D eigenvalue weighted by Crippen LogP contribution is -2.36. The topological polar surface area (TPSA) is 76.0 Å². The third-order valence-electron chi connectivity index (χ3n) is 3.25. The molecule has 2 amide bonds. The Morgan fingerprint density at radius 1 is 1.23 bits per heavy atom. The molecule has 1 aromatic carbocycles. The first kappa shape index (κ1) is 15.8. The maximum atomic E-state index is 11.8. The molecule has 6 nitrogen and oxygen atoms in total. The highest BCUT2D eigenvalue weighted by Gasteiger charge is 2.13. The number of carbonyl (C=O) groups excluding carboxylic acids is 2. The van der Waals surface area contributed by atoms with Gasteiger partial charge in [0.1, 0.15) is 0 Å². The van der Waals surface area contributed by atoms with Crippen LogP contribution >= 0.6 is 0 Å². The van der Waals surface area contributed by atoms with Crippen LogP contribution in [-0.2, 0) is 16.1 Å². The molecule has 0 unspecified atom stereocenters. The lowest BCUT2D eigenvalue weighted by atomic mass is 10.1. The standard InChI is InChI=1S/C16H20N4O2/c1-12-5-6-14(13(2)11-12)19-16(22)15(21)17-7-3-9-20-10-4-8-18-20/h4-6,8,10-11H,3,7,9H2,1-2H3,(H,17,21)(H,19,22). The number of hydrogen-bond donors (Lipinski definition) is 2. The first-order valence-corrected chi connectivity index (χ1v) is 7.20. The second kappa shape index (κ2) is 7.40. The third kappa shape index (κ3) is 4.44. The van der Waals surface area contributed by atoms with E-state index >= 15 is 0 Å². The first-order valence-electron chi connectivity index (χ1n) is 7.20. The van der Waals surface area contributed by atoms with Gasteiger partial charge in [-0.25, -0.2) is 0 Å². The number of hydrogen-bond acceptors (Lipinski definition) is 3. The summed E-state index contributed by atoms with van der Waals surface area (Å²) in [5.41, 5.74) is 2.70. The summed E-state index contributed by atoms with van der Waals surface area (Å²) >= 11 is 0. The van der Waals surface area contributed by atoms with E-state index in [1.165, 1.54) is 0 Å². The molecule has 6 heteroatoms. The van der Waals surface area contributed by atoms with Gasteiger partial charge in [0.15, 0.2) is 0 Å². The Labute approximate surface area is 129 Å². The van der Waals surface area contributed by atoms with Crippen LogP contribution < -0.4 is 10.6 Å². The fraction of sp³-hybridized carbons (Fsp3) is 0.312. The van der Waals surface area contributed by atoms with E-state index in [0.717, 1.165) is 11.1 Å². The molecule has 1 aromatic heterocycles. The second-order valence-corrected chi connectivity index (χ2v) is 5.15. The van der Waals surface area contributed by atoms with E-state index in [1.807, 2.05) is 38.2 Å². The molecule has 0 atom stereocenters. The van der Waals surface area contributed by atoms with Gasteiger partial charge in [-0.15, -0.1) is 0 Å². The lowest BCUT2D eigenvalue weighted by molar-refractivity contribution is -0.136. The van der Waals surface area contributed by atoms with Gasteiger partial charge in [0.25, 0.3) is 0 Å². The van der Waals surface area contributed by atoms with Crippen LogP contribution in [0.3, 0.4) is 0 Å². The summed E-state index contributed by atoms with van der Waals surface area (Å²) in [6, 6.07) is 7.49. The summed E-state index contributed by atoms with van der Waals surface area (Å²) in [6.45, 7) is 5.00. The zero-order valence-electron chi connectivity index (χ0n) is 12.8. The number of amides is 2. The smallest absolute Gasteiger partial charge is 0.313 e. The number of carbonyl (C=O) groups is 2. The molecule has 0 saturated carbocycles. The molecule has 0 aliphatic rings. The third-order valence-corrected chi connectivity index (χ3v) is 3.25. The maximum absolute atomic E-state index is 11.8. The Kier molecular flexibility index (Phi) is 5.30. The van der Waals surface area contributed by atoms with Crippen molar-refractivity contribution < 1.29 is 9.59 Å². The summed E-state index contributed by atoms with van der Waals surface area (Å²) in [4.78, 5) is 23.6. The molecule has 22 heavy (non-hydrogen) atoms. The van der Waals surface area contributed by atoms with E-state index in [1.54, 1.807) is 16.9 Å². The molecule has 2 N–H and O–H groups in total. The molecule has 0 saturated heterocycles. The highest BCUT2D eigenvalue weighted by molar-refractivity contribution is 6.39. The summed E-state index contributed by atoms with van der Waals surface area (Å²) in [7, 11) is 0. The number of aryl methyl sites for hydroxylation is 3. The summed E-state index contributed by atoms with van der Waals surface area (Å²) in [5, 5.41) is 9.29. The van der Waals surface area contributed by atoms with Gasteiger partial charge in [-0.2, -0.15) is 5.10 Å². The minimum atomic E-state index is -0.647. The van der Waals surface area contributed by atoms with Crippen molar-refractivity contribution in [2.24, 2.45) is 0 Å². The van der Waals surface area contributed by atoms with E-state index in [2.05, 4.69) is 15.7 Å². The van der Waals surface area contributed by atoms with Gasteiger partial charge in [0, 0.05) is 31.2 Å². The summed E-state index contributed by atoms with van der Waals surface area (Å²) in [5.74, 6) is -1.27. The SMILES string of the molecule is Cc1ccc(NC(=O)C(=O)NCCCn2cccn2)c(C)c1. The summed E-state index contributed by atoms with van der Waals surface area (Å²) in [6.07, 6.45) is 4.27. The van der Waals surface area contributed by atoms with Crippen LogP contribution in [0.2, 0.25) is 0 Å². The van der Waals surface area contributed by atoms with Crippen LogP contribution in [0.4, 0.5) is 5.69 Å². The number of anilines is 1. The molecular formula is C16H20N4O2. The van der Waals surface area contributed by atoms with Crippen molar-refractivity contribution in [2.45, 2.75) is 26.8 Å². The van der Waals surface area contributed by atoms with Crippen LogP contribution in [0, 0.1) is 13.8 Å². The molecule has 0 bridgehead atoms. The number of nitrogens with one attached hydrogen (secondary N) is 2. The van der Waals surface area contributed by atoms with Gasteiger partial charge in [-0.05, 0) is 38.0 Å². The van der Waals surface area contributed by atoms with Gasteiger partial charge in [0.2, 0.25) is 0 Å². The van der Waals surface area contributed by atoms with Crippen molar-refractivity contribution in [1.29, 1.82) is 0 Å². The van der Waals surface area contributed by atoms with E-state index in [9.17, 15) is 9.59 Å². The number of benzene rings is 1. The van der Waals surface area contributed by atoms with Crippen LogP contribution in [0.15, 0.2) is 36.7 Å². The van der Waals surface area contributed by atoms with Crippen molar-refractivity contribution >= 4 is 17.5 Å². The fourth-order valence-electron chi connectivity index (χ4n) is 2.09. The van der Waals surface area contributed by atoms with Crippen LogP contribution in [0.25, 0.3) is 0 Å². The predicted molar refractivity (Wildman–Crippen MR) is 84.4 cm³/mol. The van der Waals surface area contributed by atoms with Crippen molar-refractivity contribution in [2.75, 3.05) is 11.9 Å². The highest BCUT2D eigenvalue weighted by atomic mass is 16.2. The minimum absolute atomic E-state index is 0.430. The Bertz CT molecular complexity index is 650. The van der Waals surface area contributed by atoms with E-state index in [0.29, 0.717) is 25.2 Å². The van der Waals surface area contributed by atoms with Crippen molar-refractivity contribution in [3.63, 3.8) is 0 Å². The fourth-order valence-corrected chi connectivity index (χ4v) is 2.09. The number of nitrogens with zero attached hydrogens (tertiary/aromatic N) is 2. The Morgan fingerprint density at radius 3 is 2.73 bits per heavy atom. The van der Waals surface area contributed by atoms with Crippen molar-refractivity contribution in [3.8, 4) is 0 Å². The molecule has 0 fully saturated rings. The average Bonchev–Trinajstić information content (AvgIpc) is 2.99. The largest absolute Gasteiger partial charge is 0.348 e. The molecule has 0 spiro atoms. The number of aromatic nitrogens is 2. The van der Waals surface area contributed by atoms with Crippen LogP contribution in [0.1, 0.15) is 17.5 Å². The highest BCUT2D eigenvalue weighted by Crippen LogP contribution is 2.15. The van der Waals surface area contributed by atoms with Crippen LogP contribution in [0.5, 0.6) is 0 Å². The summed E-state index contributed by atoms with van der Waals surface area (Å²) < 4.78 is 1.78. The van der Waals surface area contributed by atoms with Crippen LogP contribution in [-0.4, -0.2) is 28.1 Å². The molecular weight excluding hydrogens is 280 g/mol. The van der Waals surface area contributed by atoms with Gasteiger partial charge in [-0.1, -0.05) is 17.7 Å². The van der Waals surface area contributed by atoms with Gasteiger partial charge in [-0.3, -0.25) is 14.3 Å². The molecule has 116 valence electrons. The molecule has 2 rings (SSSR count). The van der Waals surface area contributed by atoms with Gasteiger partial charge >= 0.3 is 11.8 Å². The molecule has 1 heterocycles. The normalized spacial score (nSPS) is 10.3. The van der Waals surface area contributed by atoms with Gasteiger partial charge < -0.3 is 10.6 Å². The monoisotopic (exact) mass is 300 g/mol. The average molecular weight is 300 g/mol. The van der Waals surface area contributed by atoms with E-state index in [4.69, 9.17) is 0 Å². The van der Waals surface area contributed by atoms with E-state index < -0.39 is 11.8 Å². The quantitative estimate of drug-likeness (QED) is 0.651. The minimum Gasteiger partial charge on any atom is -0.348 e. The molecule has 0 radical (unpaired) electrons. The Hall–Kier alpha value is -2.63. The maximum Gasteiger partial charge on any atom is 0.313 e. The zero-order chi connectivity index (χ0) is 15.9. The zero-order valence-corrected chi connectivity index (χ0v) is 12.8. The van der Waals surface area contributed by atoms with Crippen molar-refractivity contribution in [3.05, 3.63) is 47.8 Å². The Balaban J connectivity index is 1.75.